The van der Waals surface area contributed by atoms with Gasteiger partial charge in [-0.3, -0.25) is 9.69 Å². The van der Waals surface area contributed by atoms with E-state index in [0.29, 0.717) is 22.9 Å². The smallest absolute Gasteiger partial charge is 0.231 e. The maximum atomic E-state index is 12.1. The van der Waals surface area contributed by atoms with E-state index in [1.807, 2.05) is 13.8 Å². The molecule has 1 aromatic carbocycles. The molecule has 2 heterocycles. The van der Waals surface area contributed by atoms with Crippen molar-refractivity contribution in [2.24, 2.45) is 0 Å². The third kappa shape index (κ3) is 2.38. The lowest BCUT2D eigenvalue weighted by Gasteiger charge is -2.47. The van der Waals surface area contributed by atoms with Gasteiger partial charge in [-0.15, -0.1) is 0 Å². The van der Waals surface area contributed by atoms with Crippen molar-refractivity contribution in [3.05, 3.63) is 39.0 Å². The van der Waals surface area contributed by atoms with Gasteiger partial charge in [0.15, 0.2) is 5.82 Å². The second-order valence-corrected chi connectivity index (χ2v) is 6.98. The standard InChI is InChI=1S/C15H11Cl3N4O/c1-15(2)5-11(23)21(15)14-8(6-19)7-20-22(14)10-4-3-9(16)12(17)13(10)18/h3-4,7H,5H2,1-2H3. The molecule has 3 rings (SSSR count). The van der Waals surface area contributed by atoms with Crippen LogP contribution in [-0.4, -0.2) is 21.2 Å². The lowest BCUT2D eigenvalue weighted by atomic mass is 9.87. The summed E-state index contributed by atoms with van der Waals surface area (Å²) in [5, 5.41) is 14.3. The van der Waals surface area contributed by atoms with E-state index in [1.54, 1.807) is 17.0 Å². The van der Waals surface area contributed by atoms with Crippen molar-refractivity contribution in [2.45, 2.75) is 25.8 Å². The van der Waals surface area contributed by atoms with Gasteiger partial charge in [-0.2, -0.15) is 10.4 Å². The molecule has 1 aliphatic heterocycles. The zero-order chi connectivity index (χ0) is 16.9. The number of aromatic nitrogens is 2. The maximum Gasteiger partial charge on any atom is 0.231 e. The highest BCUT2D eigenvalue weighted by Gasteiger charge is 2.47. The first kappa shape index (κ1) is 16.1. The number of β-lactam (4-membered cyclic amide) rings is 1. The Bertz CT molecular complexity index is 866. The highest BCUT2D eigenvalue weighted by atomic mass is 35.5. The molecule has 0 bridgehead atoms. The van der Waals surface area contributed by atoms with Crippen LogP contribution in [0.3, 0.4) is 0 Å². The summed E-state index contributed by atoms with van der Waals surface area (Å²) in [5.74, 6) is 0.304. The van der Waals surface area contributed by atoms with Gasteiger partial charge in [0, 0.05) is 0 Å². The first-order chi connectivity index (χ1) is 10.8. The summed E-state index contributed by atoms with van der Waals surface area (Å²) in [7, 11) is 0. The Hall–Kier alpha value is -1.74. The largest absolute Gasteiger partial charge is 0.289 e. The van der Waals surface area contributed by atoms with Crippen LogP contribution in [0.25, 0.3) is 5.69 Å². The average molecular weight is 370 g/mol. The summed E-state index contributed by atoms with van der Waals surface area (Å²) < 4.78 is 1.45. The normalized spacial score (nSPS) is 16.2. The molecule has 1 amide bonds. The van der Waals surface area contributed by atoms with E-state index in [1.165, 1.54) is 10.9 Å². The Balaban J connectivity index is 2.24. The van der Waals surface area contributed by atoms with Crippen LogP contribution in [0.15, 0.2) is 18.3 Å². The SMILES string of the molecule is CC1(C)CC(=O)N1c1c(C#N)cnn1-c1ccc(Cl)c(Cl)c1Cl. The summed E-state index contributed by atoms with van der Waals surface area (Å²) in [6, 6.07) is 5.29. The molecule has 1 aromatic heterocycles. The van der Waals surface area contributed by atoms with Crippen molar-refractivity contribution in [1.29, 1.82) is 5.26 Å². The van der Waals surface area contributed by atoms with Crippen molar-refractivity contribution in [3.63, 3.8) is 0 Å². The van der Waals surface area contributed by atoms with Crippen molar-refractivity contribution in [2.75, 3.05) is 4.90 Å². The fraction of sp³-hybridized carbons (Fsp3) is 0.267. The Kier molecular flexibility index (Phi) is 3.80. The van der Waals surface area contributed by atoms with E-state index in [-0.39, 0.29) is 21.5 Å². The van der Waals surface area contributed by atoms with Crippen LogP contribution in [0, 0.1) is 11.3 Å². The topological polar surface area (TPSA) is 61.9 Å². The monoisotopic (exact) mass is 368 g/mol. The molecular formula is C15H11Cl3N4O. The minimum Gasteiger partial charge on any atom is -0.289 e. The Labute approximate surface area is 148 Å². The third-order valence-electron chi connectivity index (χ3n) is 3.76. The zero-order valence-corrected chi connectivity index (χ0v) is 14.5. The van der Waals surface area contributed by atoms with Gasteiger partial charge in [0.1, 0.15) is 11.6 Å². The van der Waals surface area contributed by atoms with E-state index in [2.05, 4.69) is 11.2 Å². The molecule has 1 fully saturated rings. The summed E-state index contributed by atoms with van der Waals surface area (Å²) in [6.07, 6.45) is 1.80. The second kappa shape index (κ2) is 5.41. The first-order valence-electron chi connectivity index (χ1n) is 6.73. The Morgan fingerprint density at radius 3 is 2.52 bits per heavy atom. The quantitative estimate of drug-likeness (QED) is 0.588. The Morgan fingerprint density at radius 1 is 1.26 bits per heavy atom. The molecule has 0 atom stereocenters. The number of nitriles is 1. The van der Waals surface area contributed by atoms with Crippen LogP contribution in [0.2, 0.25) is 15.1 Å². The molecule has 0 unspecified atom stereocenters. The molecule has 0 radical (unpaired) electrons. The van der Waals surface area contributed by atoms with Gasteiger partial charge in [0.25, 0.3) is 0 Å². The number of halogens is 3. The molecule has 0 spiro atoms. The summed E-state index contributed by atoms with van der Waals surface area (Å²) in [5.41, 5.74) is 0.338. The number of rotatable bonds is 2. The lowest BCUT2D eigenvalue weighted by molar-refractivity contribution is -0.126. The lowest BCUT2D eigenvalue weighted by Crippen LogP contribution is -2.61. The molecule has 5 nitrogen and oxygen atoms in total. The fourth-order valence-electron chi connectivity index (χ4n) is 2.67. The summed E-state index contributed by atoms with van der Waals surface area (Å²) in [4.78, 5) is 13.7. The van der Waals surface area contributed by atoms with E-state index < -0.39 is 5.54 Å². The van der Waals surface area contributed by atoms with Gasteiger partial charge in [0.2, 0.25) is 5.91 Å². The predicted molar refractivity (Wildman–Crippen MR) is 89.5 cm³/mol. The highest BCUT2D eigenvalue weighted by Crippen LogP contribution is 2.41. The van der Waals surface area contributed by atoms with Crippen LogP contribution in [0.5, 0.6) is 0 Å². The number of anilines is 1. The van der Waals surface area contributed by atoms with Crippen molar-refractivity contribution >= 4 is 46.5 Å². The molecule has 1 aliphatic rings. The van der Waals surface area contributed by atoms with Gasteiger partial charge >= 0.3 is 0 Å². The van der Waals surface area contributed by atoms with E-state index in [9.17, 15) is 10.1 Å². The van der Waals surface area contributed by atoms with Gasteiger partial charge in [-0.05, 0) is 26.0 Å². The van der Waals surface area contributed by atoms with E-state index in [4.69, 9.17) is 34.8 Å². The van der Waals surface area contributed by atoms with Crippen molar-refractivity contribution < 1.29 is 4.79 Å². The third-order valence-corrected chi connectivity index (χ3v) is 5.04. The second-order valence-electron chi connectivity index (χ2n) is 5.82. The minimum atomic E-state index is -0.400. The van der Waals surface area contributed by atoms with Crippen LogP contribution < -0.4 is 4.90 Å². The van der Waals surface area contributed by atoms with E-state index >= 15 is 0 Å². The number of hydrogen-bond donors (Lipinski definition) is 0. The minimum absolute atomic E-state index is 0.0792. The average Bonchev–Trinajstić information content (AvgIpc) is 2.87. The highest BCUT2D eigenvalue weighted by molar-refractivity contribution is 6.48. The summed E-state index contributed by atoms with van der Waals surface area (Å²) >= 11 is 18.3. The molecule has 0 aliphatic carbocycles. The van der Waals surface area contributed by atoms with Gasteiger partial charge < -0.3 is 0 Å². The molecule has 8 heteroatoms. The van der Waals surface area contributed by atoms with Crippen LogP contribution in [0.1, 0.15) is 25.8 Å². The Morgan fingerprint density at radius 2 is 1.96 bits per heavy atom. The zero-order valence-electron chi connectivity index (χ0n) is 12.3. The number of hydrogen-bond acceptors (Lipinski definition) is 3. The van der Waals surface area contributed by atoms with Gasteiger partial charge in [-0.1, -0.05) is 34.8 Å². The summed E-state index contributed by atoms with van der Waals surface area (Å²) in [6.45, 7) is 3.84. The van der Waals surface area contributed by atoms with Crippen LogP contribution >= 0.6 is 34.8 Å². The van der Waals surface area contributed by atoms with Crippen molar-refractivity contribution in [1.82, 2.24) is 9.78 Å². The van der Waals surface area contributed by atoms with Crippen molar-refractivity contribution in [3.8, 4) is 11.8 Å². The molecular weight excluding hydrogens is 359 g/mol. The molecule has 0 saturated carbocycles. The van der Waals surface area contributed by atoms with Crippen LogP contribution in [-0.2, 0) is 4.79 Å². The maximum absolute atomic E-state index is 12.1. The number of carbonyl (C=O) groups is 1. The van der Waals surface area contributed by atoms with Gasteiger partial charge in [-0.25, -0.2) is 4.68 Å². The van der Waals surface area contributed by atoms with Crippen LogP contribution in [0.4, 0.5) is 5.82 Å². The molecule has 1 saturated heterocycles. The number of nitrogens with zero attached hydrogens (tertiary/aromatic N) is 4. The first-order valence-corrected chi connectivity index (χ1v) is 7.86. The van der Waals surface area contributed by atoms with Gasteiger partial charge in [0.05, 0.1) is 38.9 Å². The number of benzene rings is 1. The molecule has 0 N–H and O–H groups in total. The fourth-order valence-corrected chi connectivity index (χ4v) is 3.28. The number of amides is 1. The number of carbonyl (C=O) groups excluding carboxylic acids is 1. The predicted octanol–water partition coefficient (Wildman–Crippen LogP) is 4.22. The molecule has 118 valence electrons. The molecule has 23 heavy (non-hydrogen) atoms. The van der Waals surface area contributed by atoms with E-state index in [0.717, 1.165) is 0 Å². The molecule has 2 aromatic rings.